The molecular weight excluding hydrogens is 334 g/mol. The van der Waals surface area contributed by atoms with Gasteiger partial charge in [-0.05, 0) is 12.3 Å². The highest BCUT2D eigenvalue weighted by Crippen LogP contribution is 2.21. The molecule has 3 heterocycles. The predicted molar refractivity (Wildman–Crippen MR) is 96.7 cm³/mol. The van der Waals surface area contributed by atoms with E-state index in [4.69, 9.17) is 4.74 Å². The number of likely N-dealkylation sites (tertiary alicyclic amines) is 1. The Balaban J connectivity index is 1.52. The summed E-state index contributed by atoms with van der Waals surface area (Å²) in [5.41, 5.74) is 0.574. The maximum Gasteiger partial charge on any atom is 0.269 e. The Morgan fingerprint density at radius 1 is 1.31 bits per heavy atom. The number of hydrogen-bond donors (Lipinski definition) is 1. The lowest BCUT2D eigenvalue weighted by Crippen LogP contribution is -2.53. The summed E-state index contributed by atoms with van der Waals surface area (Å²) >= 11 is 0. The third-order valence-corrected chi connectivity index (χ3v) is 5.43. The van der Waals surface area contributed by atoms with Crippen molar-refractivity contribution in [2.45, 2.75) is 25.8 Å². The first-order valence-corrected chi connectivity index (χ1v) is 9.43. The van der Waals surface area contributed by atoms with Crippen molar-refractivity contribution in [1.82, 2.24) is 24.7 Å². The van der Waals surface area contributed by atoms with Gasteiger partial charge in [0.25, 0.3) is 5.91 Å². The van der Waals surface area contributed by atoms with Gasteiger partial charge >= 0.3 is 0 Å². The first-order valence-electron chi connectivity index (χ1n) is 9.43. The average Bonchev–Trinajstić information content (AvgIpc) is 3.09. The molecule has 2 aliphatic rings. The molecule has 2 fully saturated rings. The standard InChI is InChI=1S/C18H29N5O3/c1-3-14-11-22(12-17(24)23-6-8-26-9-7-23)5-4-15(14)20-18(25)16-10-19-13-21(16)2/h10,13-15H,3-9,11-12H2,1-2H3,(H,20,25)/t14-,15+/m1/s1. The number of imidazole rings is 1. The van der Waals surface area contributed by atoms with Gasteiger partial charge in [0.15, 0.2) is 0 Å². The molecule has 26 heavy (non-hydrogen) atoms. The molecule has 0 aromatic carbocycles. The first kappa shape index (κ1) is 18.8. The molecule has 8 heteroatoms. The van der Waals surface area contributed by atoms with Crippen LogP contribution < -0.4 is 5.32 Å². The molecule has 0 saturated carbocycles. The van der Waals surface area contributed by atoms with Gasteiger partial charge in [-0.25, -0.2) is 4.98 Å². The van der Waals surface area contributed by atoms with Crippen LogP contribution in [0.15, 0.2) is 12.5 Å². The van der Waals surface area contributed by atoms with Gasteiger partial charge in [-0.1, -0.05) is 13.3 Å². The third-order valence-electron chi connectivity index (χ3n) is 5.43. The van der Waals surface area contributed by atoms with Gasteiger partial charge in [0, 0.05) is 39.3 Å². The molecule has 0 spiro atoms. The van der Waals surface area contributed by atoms with Crippen LogP contribution in [-0.2, 0) is 16.6 Å². The van der Waals surface area contributed by atoms with Crippen LogP contribution in [0.25, 0.3) is 0 Å². The number of nitrogens with zero attached hydrogens (tertiary/aromatic N) is 4. The Hall–Kier alpha value is -1.93. The Bertz CT molecular complexity index is 626. The van der Waals surface area contributed by atoms with Crippen LogP contribution in [0, 0.1) is 5.92 Å². The van der Waals surface area contributed by atoms with Crippen LogP contribution in [0.4, 0.5) is 0 Å². The van der Waals surface area contributed by atoms with Gasteiger partial charge in [-0.15, -0.1) is 0 Å². The van der Waals surface area contributed by atoms with Crippen molar-refractivity contribution in [3.63, 3.8) is 0 Å². The summed E-state index contributed by atoms with van der Waals surface area (Å²) in [5, 5.41) is 3.16. The van der Waals surface area contributed by atoms with Gasteiger partial charge in [-0.2, -0.15) is 0 Å². The highest BCUT2D eigenvalue weighted by atomic mass is 16.5. The van der Waals surface area contributed by atoms with E-state index >= 15 is 0 Å². The number of rotatable bonds is 5. The van der Waals surface area contributed by atoms with E-state index in [-0.39, 0.29) is 17.9 Å². The van der Waals surface area contributed by atoms with Crippen molar-refractivity contribution < 1.29 is 14.3 Å². The summed E-state index contributed by atoms with van der Waals surface area (Å²) in [7, 11) is 1.82. The molecular formula is C18H29N5O3. The van der Waals surface area contributed by atoms with E-state index in [2.05, 4.69) is 22.1 Å². The van der Waals surface area contributed by atoms with E-state index in [0.29, 0.717) is 44.5 Å². The molecule has 0 bridgehead atoms. The molecule has 1 aromatic heterocycles. The molecule has 2 saturated heterocycles. The van der Waals surface area contributed by atoms with Gasteiger partial charge < -0.3 is 19.5 Å². The van der Waals surface area contributed by atoms with Gasteiger partial charge in [0.1, 0.15) is 5.69 Å². The smallest absolute Gasteiger partial charge is 0.269 e. The highest BCUT2D eigenvalue weighted by molar-refractivity contribution is 5.92. The quantitative estimate of drug-likeness (QED) is 0.803. The zero-order valence-corrected chi connectivity index (χ0v) is 15.7. The van der Waals surface area contributed by atoms with Crippen molar-refractivity contribution >= 4 is 11.8 Å². The van der Waals surface area contributed by atoms with Crippen molar-refractivity contribution in [2.24, 2.45) is 13.0 Å². The summed E-state index contributed by atoms with van der Waals surface area (Å²) in [6.07, 6.45) is 5.05. The summed E-state index contributed by atoms with van der Waals surface area (Å²) in [6.45, 7) is 6.89. The minimum Gasteiger partial charge on any atom is -0.378 e. The summed E-state index contributed by atoms with van der Waals surface area (Å²) in [5.74, 6) is 0.449. The number of aryl methyl sites for hydroxylation is 1. The predicted octanol–water partition coefficient (Wildman–Crippen LogP) is 0.109. The molecule has 3 rings (SSSR count). The minimum absolute atomic E-state index is 0.0775. The van der Waals surface area contributed by atoms with Crippen molar-refractivity contribution in [2.75, 3.05) is 45.9 Å². The lowest BCUT2D eigenvalue weighted by atomic mass is 9.89. The second kappa shape index (κ2) is 8.64. The fourth-order valence-corrected chi connectivity index (χ4v) is 3.78. The molecule has 0 unspecified atom stereocenters. The average molecular weight is 363 g/mol. The van der Waals surface area contributed by atoms with Crippen LogP contribution in [0.2, 0.25) is 0 Å². The lowest BCUT2D eigenvalue weighted by molar-refractivity contribution is -0.137. The molecule has 2 amide bonds. The molecule has 1 N–H and O–H groups in total. The second-order valence-corrected chi connectivity index (χ2v) is 7.16. The summed E-state index contributed by atoms with van der Waals surface area (Å²) in [4.78, 5) is 33.0. The number of carbonyl (C=O) groups is 2. The van der Waals surface area contributed by atoms with Gasteiger partial charge in [0.05, 0.1) is 32.3 Å². The highest BCUT2D eigenvalue weighted by Gasteiger charge is 2.31. The Labute approximate surface area is 154 Å². The van der Waals surface area contributed by atoms with Crippen LogP contribution >= 0.6 is 0 Å². The van der Waals surface area contributed by atoms with E-state index in [9.17, 15) is 9.59 Å². The normalized spacial score (nSPS) is 24.5. The van der Waals surface area contributed by atoms with E-state index in [0.717, 1.165) is 25.9 Å². The number of aromatic nitrogens is 2. The van der Waals surface area contributed by atoms with E-state index in [1.165, 1.54) is 0 Å². The van der Waals surface area contributed by atoms with Crippen LogP contribution in [0.5, 0.6) is 0 Å². The fourth-order valence-electron chi connectivity index (χ4n) is 3.78. The van der Waals surface area contributed by atoms with E-state index < -0.39 is 0 Å². The Kier molecular flexibility index (Phi) is 6.26. The number of piperidine rings is 1. The molecule has 0 radical (unpaired) electrons. The number of nitrogens with one attached hydrogen (secondary N) is 1. The zero-order chi connectivity index (χ0) is 18.5. The molecule has 8 nitrogen and oxygen atoms in total. The third kappa shape index (κ3) is 4.42. The van der Waals surface area contributed by atoms with Crippen LogP contribution in [0.1, 0.15) is 30.3 Å². The van der Waals surface area contributed by atoms with Crippen molar-refractivity contribution in [3.05, 3.63) is 18.2 Å². The summed E-state index contributed by atoms with van der Waals surface area (Å²) in [6, 6.07) is 0.136. The Morgan fingerprint density at radius 3 is 2.73 bits per heavy atom. The largest absolute Gasteiger partial charge is 0.378 e. The molecule has 1 aromatic rings. The van der Waals surface area contributed by atoms with Crippen molar-refractivity contribution in [1.29, 1.82) is 0 Å². The number of amides is 2. The summed E-state index contributed by atoms with van der Waals surface area (Å²) < 4.78 is 7.04. The zero-order valence-electron chi connectivity index (χ0n) is 15.7. The number of hydrogen-bond acceptors (Lipinski definition) is 5. The van der Waals surface area contributed by atoms with Crippen LogP contribution in [-0.4, -0.2) is 83.1 Å². The fraction of sp³-hybridized carbons (Fsp3) is 0.722. The number of morpholine rings is 1. The van der Waals surface area contributed by atoms with Crippen molar-refractivity contribution in [3.8, 4) is 0 Å². The Morgan fingerprint density at radius 2 is 2.08 bits per heavy atom. The molecule has 0 aliphatic carbocycles. The van der Waals surface area contributed by atoms with Gasteiger partial charge in [0.2, 0.25) is 5.91 Å². The SMILES string of the molecule is CC[C@@H]1CN(CC(=O)N2CCOCC2)CC[C@@H]1NC(=O)c1cncn1C. The number of carbonyl (C=O) groups excluding carboxylic acids is 2. The molecule has 2 atom stereocenters. The van der Waals surface area contributed by atoms with E-state index in [1.807, 2.05) is 11.9 Å². The maximum absolute atomic E-state index is 12.5. The maximum atomic E-state index is 12.5. The molecule has 144 valence electrons. The lowest BCUT2D eigenvalue weighted by Gasteiger charge is -2.39. The number of ether oxygens (including phenoxy) is 1. The first-order chi connectivity index (χ1) is 12.6. The minimum atomic E-state index is -0.0775. The monoisotopic (exact) mass is 363 g/mol. The van der Waals surface area contributed by atoms with E-state index in [1.54, 1.807) is 17.1 Å². The molecule has 2 aliphatic heterocycles. The topological polar surface area (TPSA) is 79.7 Å². The van der Waals surface area contributed by atoms with Crippen LogP contribution in [0.3, 0.4) is 0 Å². The van der Waals surface area contributed by atoms with Gasteiger partial charge in [-0.3, -0.25) is 14.5 Å². The second-order valence-electron chi connectivity index (χ2n) is 7.16.